The molecule has 28 heavy (non-hydrogen) atoms. The van der Waals surface area contributed by atoms with Gasteiger partial charge in [0, 0.05) is 53.4 Å². The fourth-order valence-corrected chi connectivity index (χ4v) is 3.66. The summed E-state index contributed by atoms with van der Waals surface area (Å²) in [7, 11) is 5.55. The molecule has 4 rings (SSSR count). The fourth-order valence-electron chi connectivity index (χ4n) is 3.66. The average molecular weight is 374 g/mol. The summed E-state index contributed by atoms with van der Waals surface area (Å²) in [6.07, 6.45) is 3.68. The normalized spacial score (nSPS) is 11.6. The Balaban J connectivity index is 1.65. The molecule has 2 aromatic heterocycles. The number of benzene rings is 2. The summed E-state index contributed by atoms with van der Waals surface area (Å²) in [6, 6.07) is 13.8. The van der Waals surface area contributed by atoms with E-state index in [1.807, 2.05) is 72.7 Å². The summed E-state index contributed by atoms with van der Waals surface area (Å²) >= 11 is 0. The van der Waals surface area contributed by atoms with Crippen molar-refractivity contribution < 1.29 is 9.53 Å². The van der Waals surface area contributed by atoms with Gasteiger partial charge in [0.25, 0.3) is 5.91 Å². The molecule has 0 atom stereocenters. The summed E-state index contributed by atoms with van der Waals surface area (Å²) in [6.45, 7) is 1.93. The molecule has 4 aromatic rings. The van der Waals surface area contributed by atoms with Crippen LogP contribution in [0.15, 0.2) is 53.8 Å². The second-order valence-corrected chi connectivity index (χ2v) is 6.81. The molecule has 0 spiro atoms. The number of para-hydroxylation sites is 1. The lowest BCUT2D eigenvalue weighted by molar-refractivity contribution is 0.0956. The third-order valence-electron chi connectivity index (χ3n) is 5.22. The molecule has 2 heterocycles. The summed E-state index contributed by atoms with van der Waals surface area (Å²) in [5.41, 5.74) is 7.20. The Morgan fingerprint density at radius 2 is 1.89 bits per heavy atom. The number of nitrogens with one attached hydrogen (secondary N) is 1. The number of carbonyl (C=O) groups is 1. The molecule has 1 amide bonds. The van der Waals surface area contributed by atoms with Crippen molar-refractivity contribution in [2.45, 2.75) is 6.92 Å². The maximum Gasteiger partial charge on any atom is 0.273 e. The topological polar surface area (TPSA) is 60.5 Å². The van der Waals surface area contributed by atoms with Gasteiger partial charge in [-0.05, 0) is 31.2 Å². The molecule has 6 heteroatoms. The zero-order valence-corrected chi connectivity index (χ0v) is 16.4. The van der Waals surface area contributed by atoms with E-state index in [4.69, 9.17) is 4.74 Å². The molecular weight excluding hydrogens is 352 g/mol. The van der Waals surface area contributed by atoms with Gasteiger partial charge in [0.15, 0.2) is 0 Å². The van der Waals surface area contributed by atoms with E-state index in [0.717, 1.165) is 33.1 Å². The molecule has 0 radical (unpaired) electrons. The Morgan fingerprint density at radius 3 is 2.68 bits per heavy atom. The van der Waals surface area contributed by atoms with E-state index in [9.17, 15) is 4.79 Å². The second kappa shape index (κ2) is 6.88. The predicted molar refractivity (Wildman–Crippen MR) is 112 cm³/mol. The Labute approximate surface area is 163 Å². The predicted octanol–water partition coefficient (Wildman–Crippen LogP) is 3.75. The van der Waals surface area contributed by atoms with Crippen molar-refractivity contribution in [3.8, 4) is 5.75 Å². The van der Waals surface area contributed by atoms with Crippen molar-refractivity contribution in [1.82, 2.24) is 14.6 Å². The number of hydrazone groups is 1. The highest BCUT2D eigenvalue weighted by atomic mass is 16.5. The van der Waals surface area contributed by atoms with Crippen LogP contribution < -0.4 is 10.2 Å². The van der Waals surface area contributed by atoms with Gasteiger partial charge in [-0.1, -0.05) is 18.2 Å². The lowest BCUT2D eigenvalue weighted by Gasteiger charge is -2.02. The fraction of sp³-hybridized carbons (Fsp3) is 0.182. The number of aryl methyl sites for hydroxylation is 2. The molecule has 142 valence electrons. The molecule has 1 N–H and O–H groups in total. The maximum absolute atomic E-state index is 12.9. The molecule has 0 saturated heterocycles. The van der Waals surface area contributed by atoms with Crippen molar-refractivity contribution in [2.24, 2.45) is 19.2 Å². The van der Waals surface area contributed by atoms with E-state index in [2.05, 4.69) is 16.6 Å². The minimum atomic E-state index is -0.243. The van der Waals surface area contributed by atoms with Gasteiger partial charge in [-0.15, -0.1) is 0 Å². The number of hydrogen-bond acceptors (Lipinski definition) is 3. The van der Waals surface area contributed by atoms with E-state index < -0.39 is 0 Å². The zero-order chi connectivity index (χ0) is 19.8. The molecule has 6 nitrogen and oxygen atoms in total. The highest BCUT2D eigenvalue weighted by molar-refractivity contribution is 6.09. The van der Waals surface area contributed by atoms with Gasteiger partial charge in [-0.25, -0.2) is 5.43 Å². The van der Waals surface area contributed by atoms with Crippen LogP contribution in [0.2, 0.25) is 0 Å². The first kappa shape index (κ1) is 17.9. The largest absolute Gasteiger partial charge is 0.497 e. The van der Waals surface area contributed by atoms with Crippen LogP contribution in [0.5, 0.6) is 5.75 Å². The minimum Gasteiger partial charge on any atom is -0.497 e. The Morgan fingerprint density at radius 1 is 1.11 bits per heavy atom. The van der Waals surface area contributed by atoms with Gasteiger partial charge >= 0.3 is 0 Å². The quantitative estimate of drug-likeness (QED) is 0.437. The highest BCUT2D eigenvalue weighted by Crippen LogP contribution is 2.28. The Kier molecular flexibility index (Phi) is 4.39. The standard InChI is InChI=1S/C22H22N4O2/c1-14-21(18-11-16(28-4)9-10-20(18)26(14)3)22(27)24-23-12-15-13-25(2)19-8-6-5-7-17(15)19/h5-13H,1-4H3,(H,24,27)/b23-12-. The molecule has 0 saturated carbocycles. The summed E-state index contributed by atoms with van der Waals surface area (Å²) in [4.78, 5) is 12.9. The lowest BCUT2D eigenvalue weighted by Crippen LogP contribution is -2.18. The maximum atomic E-state index is 12.9. The molecule has 0 unspecified atom stereocenters. The number of nitrogens with zero attached hydrogens (tertiary/aromatic N) is 3. The number of methoxy groups -OCH3 is 1. The number of rotatable bonds is 4. The zero-order valence-electron chi connectivity index (χ0n) is 16.4. The van der Waals surface area contributed by atoms with Crippen LogP contribution >= 0.6 is 0 Å². The first-order chi connectivity index (χ1) is 13.5. The van der Waals surface area contributed by atoms with Crippen molar-refractivity contribution >= 4 is 33.9 Å². The molecule has 0 fully saturated rings. The number of aromatic nitrogens is 2. The Hall–Kier alpha value is -3.54. The number of ether oxygens (including phenoxy) is 1. The summed E-state index contributed by atoms with van der Waals surface area (Å²) < 4.78 is 9.35. The first-order valence-corrected chi connectivity index (χ1v) is 9.01. The Bertz CT molecular complexity index is 1230. The van der Waals surface area contributed by atoms with Crippen LogP contribution in [0.4, 0.5) is 0 Å². The molecule has 0 aliphatic heterocycles. The first-order valence-electron chi connectivity index (χ1n) is 9.01. The van der Waals surface area contributed by atoms with Crippen LogP contribution in [0, 0.1) is 6.92 Å². The monoisotopic (exact) mass is 374 g/mol. The minimum absolute atomic E-state index is 0.243. The summed E-state index contributed by atoms with van der Waals surface area (Å²) in [5, 5.41) is 6.14. The molecule has 0 aliphatic carbocycles. The van der Waals surface area contributed by atoms with Crippen molar-refractivity contribution in [2.75, 3.05) is 7.11 Å². The van der Waals surface area contributed by atoms with Crippen LogP contribution in [0.1, 0.15) is 21.6 Å². The lowest BCUT2D eigenvalue weighted by atomic mass is 10.1. The van der Waals surface area contributed by atoms with Gasteiger partial charge in [0.2, 0.25) is 0 Å². The van der Waals surface area contributed by atoms with Crippen LogP contribution in [-0.4, -0.2) is 28.4 Å². The summed E-state index contributed by atoms with van der Waals surface area (Å²) in [5.74, 6) is 0.472. The van der Waals surface area contributed by atoms with E-state index in [1.54, 1.807) is 13.3 Å². The number of carbonyl (C=O) groups excluding carboxylic acids is 1. The molecule has 2 aromatic carbocycles. The smallest absolute Gasteiger partial charge is 0.273 e. The molecule has 0 bridgehead atoms. The second-order valence-electron chi connectivity index (χ2n) is 6.81. The third-order valence-corrected chi connectivity index (χ3v) is 5.22. The number of amides is 1. The third kappa shape index (κ3) is 2.83. The van der Waals surface area contributed by atoms with Crippen molar-refractivity contribution in [1.29, 1.82) is 0 Å². The van der Waals surface area contributed by atoms with Crippen LogP contribution in [0.25, 0.3) is 21.8 Å². The van der Waals surface area contributed by atoms with E-state index in [-0.39, 0.29) is 5.91 Å². The van der Waals surface area contributed by atoms with Crippen molar-refractivity contribution in [3.63, 3.8) is 0 Å². The molecule has 0 aliphatic rings. The van der Waals surface area contributed by atoms with E-state index in [1.165, 1.54) is 0 Å². The average Bonchev–Trinajstić information content (AvgIpc) is 3.16. The number of fused-ring (bicyclic) bond motifs is 2. The highest BCUT2D eigenvalue weighted by Gasteiger charge is 2.18. The number of hydrogen-bond donors (Lipinski definition) is 1. The SMILES string of the molecule is COc1ccc2c(c1)c(C(=O)N/N=C\c1cn(C)c3ccccc13)c(C)n2C. The van der Waals surface area contributed by atoms with Gasteiger partial charge in [-0.2, -0.15) is 5.10 Å². The van der Waals surface area contributed by atoms with Gasteiger partial charge < -0.3 is 13.9 Å². The van der Waals surface area contributed by atoms with Gasteiger partial charge in [0.1, 0.15) is 5.75 Å². The van der Waals surface area contributed by atoms with E-state index >= 15 is 0 Å². The van der Waals surface area contributed by atoms with Gasteiger partial charge in [0.05, 0.1) is 18.9 Å². The van der Waals surface area contributed by atoms with Crippen LogP contribution in [-0.2, 0) is 14.1 Å². The van der Waals surface area contributed by atoms with Gasteiger partial charge in [-0.3, -0.25) is 4.79 Å². The van der Waals surface area contributed by atoms with Crippen LogP contribution in [0.3, 0.4) is 0 Å². The van der Waals surface area contributed by atoms with Crippen molar-refractivity contribution in [3.05, 3.63) is 65.5 Å². The van der Waals surface area contributed by atoms with E-state index in [0.29, 0.717) is 11.3 Å². The molecular formula is C22H22N4O2.